The van der Waals surface area contributed by atoms with Crippen LogP contribution in [-0.4, -0.2) is 96.7 Å². The first-order valence-corrected chi connectivity index (χ1v) is 13.9. The van der Waals surface area contributed by atoms with Gasteiger partial charge in [0.05, 0.1) is 7.11 Å². The van der Waals surface area contributed by atoms with Gasteiger partial charge in [0.15, 0.2) is 22.6 Å². The minimum Gasteiger partial charge on any atom is -0.490 e. The molecule has 12 heteroatoms. The summed E-state index contributed by atoms with van der Waals surface area (Å²) in [6.07, 6.45) is 2.01. The van der Waals surface area contributed by atoms with E-state index in [1.165, 1.54) is 11.8 Å². The number of ether oxygens (including phenoxy) is 1. The lowest BCUT2D eigenvalue weighted by Crippen LogP contribution is -2.48. The third kappa shape index (κ3) is 6.96. The number of nitrogens with one attached hydrogen (secondary N) is 3. The van der Waals surface area contributed by atoms with Crippen molar-refractivity contribution in [3.63, 3.8) is 0 Å². The summed E-state index contributed by atoms with van der Waals surface area (Å²) in [4.78, 5) is 17.9. The van der Waals surface area contributed by atoms with Crippen molar-refractivity contribution in [3.8, 4) is 5.75 Å². The second kappa shape index (κ2) is 12.5. The van der Waals surface area contributed by atoms with E-state index in [-0.39, 0.29) is 0 Å². The van der Waals surface area contributed by atoms with Gasteiger partial charge in [-0.3, -0.25) is 10.00 Å². The van der Waals surface area contributed by atoms with Crippen LogP contribution in [0.4, 0.5) is 23.1 Å². The first kappa shape index (κ1) is 26.4. The van der Waals surface area contributed by atoms with Crippen LogP contribution >= 0.6 is 23.7 Å². The van der Waals surface area contributed by atoms with Gasteiger partial charge in [0.25, 0.3) is 0 Å². The Labute approximate surface area is 221 Å². The Kier molecular flexibility index (Phi) is 9.19. The Balaban J connectivity index is 1.60. The molecule has 1 saturated heterocycles. The topological polar surface area (TPSA) is 97.5 Å². The highest BCUT2D eigenvalue weighted by molar-refractivity contribution is 8.00. The van der Waals surface area contributed by atoms with Crippen LogP contribution in [0.3, 0.4) is 0 Å². The summed E-state index contributed by atoms with van der Waals surface area (Å²) in [6, 6.07) is 10.2. The lowest BCUT2D eigenvalue weighted by molar-refractivity contribution is 0.228. The van der Waals surface area contributed by atoms with Gasteiger partial charge in [-0.2, -0.15) is 5.10 Å². The van der Waals surface area contributed by atoms with Crippen molar-refractivity contribution in [2.24, 2.45) is 0 Å². The summed E-state index contributed by atoms with van der Waals surface area (Å²) in [5.74, 6) is 2.72. The number of aromatic nitrogens is 4. The second-order valence-electron chi connectivity index (χ2n) is 8.84. The Bertz CT molecular complexity index is 1120. The zero-order chi connectivity index (χ0) is 25.5. The standard InChI is InChI=1S/C24H35N9OS2/c1-17-16-20(29-28-17)25-22-21(34-4)23(33-14-12-32(13-15-33)11-10-31(2)3)27-24(26-22)36-19-8-6-18(7-9-19)30-35-5/h6-9,16,30H,10-15H2,1-5H3,(H2,25,26,27,28,29). The van der Waals surface area contributed by atoms with Crippen molar-refractivity contribution >= 4 is 46.9 Å². The maximum absolute atomic E-state index is 5.86. The van der Waals surface area contributed by atoms with Crippen LogP contribution in [0.2, 0.25) is 0 Å². The van der Waals surface area contributed by atoms with Crippen LogP contribution in [0.5, 0.6) is 5.75 Å². The van der Waals surface area contributed by atoms with Crippen molar-refractivity contribution in [2.45, 2.75) is 17.0 Å². The van der Waals surface area contributed by atoms with Gasteiger partial charge < -0.3 is 24.6 Å². The zero-order valence-electron chi connectivity index (χ0n) is 21.5. The fourth-order valence-corrected chi connectivity index (χ4v) is 5.02. The summed E-state index contributed by atoms with van der Waals surface area (Å²) < 4.78 is 9.10. The monoisotopic (exact) mass is 529 g/mol. The quantitative estimate of drug-likeness (QED) is 0.250. The Morgan fingerprint density at radius 1 is 1.11 bits per heavy atom. The molecule has 0 saturated carbocycles. The molecule has 0 atom stereocenters. The number of hydrogen-bond donors (Lipinski definition) is 3. The van der Waals surface area contributed by atoms with Gasteiger partial charge in [0.2, 0.25) is 5.75 Å². The Morgan fingerprint density at radius 2 is 1.86 bits per heavy atom. The van der Waals surface area contributed by atoms with Gasteiger partial charge >= 0.3 is 0 Å². The number of anilines is 4. The molecule has 0 amide bonds. The van der Waals surface area contributed by atoms with Crippen LogP contribution < -0.4 is 19.7 Å². The van der Waals surface area contributed by atoms with E-state index >= 15 is 0 Å². The molecular formula is C24H35N9OS2. The molecule has 36 heavy (non-hydrogen) atoms. The second-order valence-corrected chi connectivity index (χ2v) is 10.5. The fraction of sp³-hybridized carbons (Fsp3) is 0.458. The fourth-order valence-electron chi connectivity index (χ4n) is 3.89. The highest BCUT2D eigenvalue weighted by Crippen LogP contribution is 2.38. The van der Waals surface area contributed by atoms with Gasteiger partial charge in [0, 0.05) is 67.9 Å². The SMILES string of the molecule is COc1c(Nc2cc(C)[nH]n2)nc(Sc2ccc(NSC)cc2)nc1N1CCN(CCN(C)C)CC1. The van der Waals surface area contributed by atoms with Gasteiger partial charge in [-0.15, -0.1) is 0 Å². The molecule has 1 aromatic carbocycles. The molecule has 1 aliphatic heterocycles. The molecule has 1 fully saturated rings. The summed E-state index contributed by atoms with van der Waals surface area (Å²) in [5, 5.41) is 11.3. The van der Waals surface area contributed by atoms with Crippen LogP contribution in [-0.2, 0) is 0 Å². The van der Waals surface area contributed by atoms with Gasteiger partial charge in [-0.05, 0) is 57.0 Å². The van der Waals surface area contributed by atoms with Gasteiger partial charge in [0.1, 0.15) is 0 Å². The first-order chi connectivity index (χ1) is 17.4. The minimum absolute atomic E-state index is 0.604. The average molecular weight is 530 g/mol. The number of nitrogens with zero attached hydrogens (tertiary/aromatic N) is 6. The van der Waals surface area contributed by atoms with Crippen LogP contribution in [0.1, 0.15) is 5.69 Å². The number of hydrogen-bond acceptors (Lipinski definition) is 11. The minimum atomic E-state index is 0.604. The van der Waals surface area contributed by atoms with E-state index in [0.29, 0.717) is 22.5 Å². The Morgan fingerprint density at radius 3 is 2.47 bits per heavy atom. The molecule has 3 aromatic rings. The number of methoxy groups -OCH3 is 1. The third-order valence-corrected chi connectivity index (χ3v) is 7.12. The lowest BCUT2D eigenvalue weighted by Gasteiger charge is -2.36. The first-order valence-electron chi connectivity index (χ1n) is 11.9. The van der Waals surface area contributed by atoms with Crippen molar-refractivity contribution in [1.82, 2.24) is 30.0 Å². The van der Waals surface area contributed by atoms with E-state index in [0.717, 1.165) is 61.4 Å². The van der Waals surface area contributed by atoms with Crippen LogP contribution in [0.25, 0.3) is 0 Å². The lowest BCUT2D eigenvalue weighted by atomic mass is 10.3. The summed E-state index contributed by atoms with van der Waals surface area (Å²) in [5.41, 5.74) is 2.03. The molecular weight excluding hydrogens is 494 g/mol. The molecule has 194 valence electrons. The van der Waals surface area contributed by atoms with E-state index in [9.17, 15) is 0 Å². The van der Waals surface area contributed by atoms with Crippen LogP contribution in [0, 0.1) is 6.92 Å². The molecule has 0 bridgehead atoms. The number of likely N-dealkylation sites (N-methyl/N-ethyl adjacent to an activating group) is 1. The number of piperazine rings is 1. The van der Waals surface area contributed by atoms with Crippen molar-refractivity contribution in [1.29, 1.82) is 0 Å². The van der Waals surface area contributed by atoms with E-state index in [1.807, 2.05) is 19.2 Å². The molecule has 0 unspecified atom stereocenters. The molecule has 0 spiro atoms. The molecule has 10 nitrogen and oxygen atoms in total. The molecule has 4 rings (SSSR count). The molecule has 3 heterocycles. The predicted molar refractivity (Wildman–Crippen MR) is 150 cm³/mol. The number of H-pyrrole nitrogens is 1. The third-order valence-electron chi connectivity index (χ3n) is 5.80. The molecule has 3 N–H and O–H groups in total. The van der Waals surface area contributed by atoms with E-state index in [4.69, 9.17) is 14.7 Å². The number of benzene rings is 1. The Hall–Kier alpha value is -2.67. The molecule has 2 aromatic heterocycles. The zero-order valence-corrected chi connectivity index (χ0v) is 23.2. The maximum Gasteiger partial charge on any atom is 0.204 e. The number of rotatable bonds is 11. The van der Waals surface area contributed by atoms with Crippen LogP contribution in [0.15, 0.2) is 40.4 Å². The molecule has 0 aliphatic carbocycles. The normalized spacial score (nSPS) is 14.3. The number of aryl methyl sites for hydroxylation is 1. The van der Waals surface area contributed by atoms with E-state index in [2.05, 4.69) is 73.3 Å². The molecule has 0 radical (unpaired) electrons. The van der Waals surface area contributed by atoms with Gasteiger partial charge in [-0.25, -0.2) is 9.97 Å². The van der Waals surface area contributed by atoms with Crippen molar-refractivity contribution < 1.29 is 4.74 Å². The van der Waals surface area contributed by atoms with Crippen molar-refractivity contribution in [3.05, 3.63) is 36.0 Å². The van der Waals surface area contributed by atoms with Crippen molar-refractivity contribution in [2.75, 3.05) is 81.7 Å². The highest BCUT2D eigenvalue weighted by atomic mass is 32.2. The van der Waals surface area contributed by atoms with E-state index < -0.39 is 0 Å². The van der Waals surface area contributed by atoms with E-state index in [1.54, 1.807) is 19.1 Å². The van der Waals surface area contributed by atoms with Gasteiger partial charge in [-0.1, -0.05) is 11.9 Å². The highest BCUT2D eigenvalue weighted by Gasteiger charge is 2.25. The smallest absolute Gasteiger partial charge is 0.204 e. The molecule has 1 aliphatic rings. The summed E-state index contributed by atoms with van der Waals surface area (Å²) in [7, 11) is 5.90. The number of aromatic amines is 1. The summed E-state index contributed by atoms with van der Waals surface area (Å²) in [6.45, 7) is 7.80. The largest absolute Gasteiger partial charge is 0.490 e. The average Bonchev–Trinajstić information content (AvgIpc) is 3.28. The maximum atomic E-state index is 5.86. The predicted octanol–water partition coefficient (Wildman–Crippen LogP) is 3.79. The summed E-state index contributed by atoms with van der Waals surface area (Å²) >= 11 is 3.10.